The van der Waals surface area contributed by atoms with Crippen LogP contribution < -0.4 is 0 Å². The van der Waals surface area contributed by atoms with Crippen molar-refractivity contribution in [2.24, 2.45) is 5.92 Å². The summed E-state index contributed by atoms with van der Waals surface area (Å²) in [5.74, 6) is 0.452. The van der Waals surface area contributed by atoms with Crippen molar-refractivity contribution in [2.45, 2.75) is 56.9 Å². The van der Waals surface area contributed by atoms with E-state index in [-0.39, 0.29) is 37.6 Å². The van der Waals surface area contributed by atoms with E-state index in [2.05, 4.69) is 16.8 Å². The minimum atomic E-state index is -3.56. The van der Waals surface area contributed by atoms with Crippen molar-refractivity contribution in [3.8, 4) is 0 Å². The predicted octanol–water partition coefficient (Wildman–Crippen LogP) is 1.78. The number of amides is 1. The molecule has 3 rings (SSSR count). The van der Waals surface area contributed by atoms with Crippen LogP contribution in [0.3, 0.4) is 0 Å². The van der Waals surface area contributed by atoms with Crippen LogP contribution in [0.5, 0.6) is 0 Å². The number of methoxy groups -OCH3 is 1. The first-order valence-electron chi connectivity index (χ1n) is 13.2. The van der Waals surface area contributed by atoms with Gasteiger partial charge in [-0.05, 0) is 63.3 Å². The maximum absolute atomic E-state index is 13.2. The Morgan fingerprint density at radius 1 is 1.11 bits per heavy atom. The van der Waals surface area contributed by atoms with E-state index in [1.807, 2.05) is 31.9 Å². The van der Waals surface area contributed by atoms with E-state index in [0.29, 0.717) is 11.8 Å². The Labute approximate surface area is 218 Å². The first-order valence-corrected chi connectivity index (χ1v) is 14.7. The van der Waals surface area contributed by atoms with Gasteiger partial charge in [-0.3, -0.25) is 9.69 Å². The van der Waals surface area contributed by atoms with Gasteiger partial charge in [0.25, 0.3) is 0 Å². The number of carbonyl (C=O) groups is 1. The van der Waals surface area contributed by atoms with E-state index in [9.17, 15) is 13.2 Å². The molecule has 2 aliphatic carbocycles. The number of carbonyl (C=O) groups excluding carboxylic acids is 1. The average Bonchev–Trinajstić information content (AvgIpc) is 2.85. The van der Waals surface area contributed by atoms with Gasteiger partial charge >= 0.3 is 0 Å². The van der Waals surface area contributed by atoms with Gasteiger partial charge in [0, 0.05) is 58.9 Å². The zero-order chi connectivity index (χ0) is 26.5. The standard InChI is InChI=1S/C26H46N4O5S/c1-20-17-24(34-6)18-21(2)26(20)36(32,33)28(4)15-16-35-19-25(31)29(5)22-7-9-23(10-8-22)30-13-11-27(3)12-14-30/h17-18,20,22-23,26H,7-16,19H2,1-6H3/t20?,22-,23+,26?. The third kappa shape index (κ3) is 7.10. The second-order valence-electron chi connectivity index (χ2n) is 10.7. The van der Waals surface area contributed by atoms with E-state index in [4.69, 9.17) is 9.47 Å². The molecule has 0 aromatic rings. The van der Waals surface area contributed by atoms with Crippen molar-refractivity contribution >= 4 is 15.9 Å². The first-order chi connectivity index (χ1) is 17.0. The molecular weight excluding hydrogens is 480 g/mol. The second-order valence-corrected chi connectivity index (χ2v) is 12.8. The number of sulfonamides is 1. The molecule has 36 heavy (non-hydrogen) atoms. The molecule has 1 saturated heterocycles. The van der Waals surface area contributed by atoms with Gasteiger partial charge < -0.3 is 19.3 Å². The third-order valence-corrected chi connectivity index (χ3v) is 10.6. The van der Waals surface area contributed by atoms with Gasteiger partial charge in [-0.25, -0.2) is 12.7 Å². The molecule has 0 aromatic carbocycles. The zero-order valence-electron chi connectivity index (χ0n) is 23.0. The van der Waals surface area contributed by atoms with Gasteiger partial charge in [0.05, 0.1) is 13.7 Å². The highest BCUT2D eigenvalue weighted by molar-refractivity contribution is 7.90. The SMILES string of the molecule is COC1=CC(C)C(S(=O)(=O)N(C)CCOCC(=O)N(C)[C@H]2CC[C@@H](N3CCN(C)CC3)CC2)C(C)=C1. The Kier molecular flexibility index (Phi) is 10.4. The molecule has 2 atom stereocenters. The predicted molar refractivity (Wildman–Crippen MR) is 142 cm³/mol. The summed E-state index contributed by atoms with van der Waals surface area (Å²) in [6, 6.07) is 0.884. The van der Waals surface area contributed by atoms with Gasteiger partial charge in [-0.15, -0.1) is 0 Å². The minimum absolute atomic E-state index is 0.0263. The molecule has 10 heteroatoms. The van der Waals surface area contributed by atoms with E-state index < -0.39 is 15.3 Å². The molecule has 2 fully saturated rings. The van der Waals surface area contributed by atoms with Crippen LogP contribution in [0.1, 0.15) is 39.5 Å². The smallest absolute Gasteiger partial charge is 0.248 e. The number of likely N-dealkylation sites (N-methyl/N-ethyl adjacent to an activating group) is 3. The molecule has 2 unspecified atom stereocenters. The topological polar surface area (TPSA) is 82.6 Å². The Hall–Kier alpha value is -1.46. The average molecular weight is 527 g/mol. The molecule has 9 nitrogen and oxygen atoms in total. The fourth-order valence-electron chi connectivity index (χ4n) is 5.73. The van der Waals surface area contributed by atoms with Gasteiger partial charge in [0.15, 0.2) is 0 Å². The van der Waals surface area contributed by atoms with Gasteiger partial charge in [0.1, 0.15) is 17.6 Å². The summed E-state index contributed by atoms with van der Waals surface area (Å²) < 4.78 is 38.6. The summed E-state index contributed by atoms with van der Waals surface area (Å²) in [7, 11) is 3.64. The lowest BCUT2D eigenvalue weighted by molar-refractivity contribution is -0.137. The molecule has 0 aromatic heterocycles. The van der Waals surface area contributed by atoms with E-state index in [1.165, 1.54) is 4.31 Å². The molecule has 0 spiro atoms. The Bertz CT molecular complexity index is 905. The van der Waals surface area contributed by atoms with Crippen LogP contribution in [0.15, 0.2) is 23.5 Å². The van der Waals surface area contributed by atoms with E-state index >= 15 is 0 Å². The highest BCUT2D eigenvalue weighted by atomic mass is 32.2. The molecule has 1 heterocycles. The number of allylic oxidation sites excluding steroid dienone is 2. The largest absolute Gasteiger partial charge is 0.497 e. The molecular formula is C26H46N4O5S. The summed E-state index contributed by atoms with van der Waals surface area (Å²) in [4.78, 5) is 19.5. The summed E-state index contributed by atoms with van der Waals surface area (Å²) in [5, 5.41) is -0.630. The molecule has 1 saturated carbocycles. The molecule has 0 bridgehead atoms. The normalized spacial score (nSPS) is 28.5. The van der Waals surface area contributed by atoms with Crippen molar-refractivity contribution < 1.29 is 22.7 Å². The summed E-state index contributed by atoms with van der Waals surface area (Å²) in [6.07, 6.45) is 7.91. The fraction of sp³-hybridized carbons (Fsp3) is 0.808. The monoisotopic (exact) mass is 526 g/mol. The lowest BCUT2D eigenvalue weighted by Crippen LogP contribution is -2.51. The number of hydrogen-bond acceptors (Lipinski definition) is 7. The molecule has 3 aliphatic rings. The number of ether oxygens (including phenoxy) is 2. The lowest BCUT2D eigenvalue weighted by atomic mass is 9.89. The van der Waals surface area contributed by atoms with Gasteiger partial charge in [-0.2, -0.15) is 0 Å². The van der Waals surface area contributed by atoms with Crippen LogP contribution in [0.25, 0.3) is 0 Å². The Balaban J connectivity index is 1.39. The van der Waals surface area contributed by atoms with Crippen LogP contribution >= 0.6 is 0 Å². The van der Waals surface area contributed by atoms with Crippen molar-refractivity contribution in [3.63, 3.8) is 0 Å². The maximum Gasteiger partial charge on any atom is 0.248 e. The second kappa shape index (κ2) is 12.9. The van der Waals surface area contributed by atoms with Crippen molar-refractivity contribution in [1.82, 2.24) is 19.0 Å². The van der Waals surface area contributed by atoms with Crippen LogP contribution in [-0.2, 0) is 24.3 Å². The van der Waals surface area contributed by atoms with Crippen molar-refractivity contribution in [1.29, 1.82) is 0 Å². The molecule has 1 amide bonds. The van der Waals surface area contributed by atoms with Crippen molar-refractivity contribution in [2.75, 3.05) is 74.2 Å². The van der Waals surface area contributed by atoms with Gasteiger partial charge in [0.2, 0.25) is 15.9 Å². The summed E-state index contributed by atoms with van der Waals surface area (Å²) >= 11 is 0. The number of hydrogen-bond donors (Lipinski definition) is 0. The van der Waals surface area contributed by atoms with Crippen LogP contribution in [0.2, 0.25) is 0 Å². The quantitative estimate of drug-likeness (QED) is 0.401. The van der Waals surface area contributed by atoms with E-state index in [0.717, 1.165) is 57.4 Å². The number of rotatable bonds is 10. The number of nitrogens with zero attached hydrogens (tertiary/aromatic N) is 4. The lowest BCUT2D eigenvalue weighted by Gasteiger charge is -2.42. The minimum Gasteiger partial charge on any atom is -0.497 e. The first kappa shape index (κ1) is 29.1. The molecule has 1 aliphatic heterocycles. The number of piperazine rings is 1. The molecule has 206 valence electrons. The van der Waals surface area contributed by atoms with Gasteiger partial charge in [-0.1, -0.05) is 6.92 Å². The van der Waals surface area contributed by atoms with Crippen molar-refractivity contribution in [3.05, 3.63) is 23.5 Å². The fourth-order valence-corrected chi connectivity index (χ4v) is 7.60. The van der Waals surface area contributed by atoms with Crippen LogP contribution in [-0.4, -0.2) is 125 Å². The van der Waals surface area contributed by atoms with Crippen LogP contribution in [0, 0.1) is 5.92 Å². The molecule has 0 radical (unpaired) electrons. The van der Waals surface area contributed by atoms with Crippen LogP contribution in [0.4, 0.5) is 0 Å². The molecule has 0 N–H and O–H groups in total. The summed E-state index contributed by atoms with van der Waals surface area (Å²) in [5.41, 5.74) is 0.758. The zero-order valence-corrected chi connectivity index (χ0v) is 23.8. The summed E-state index contributed by atoms with van der Waals surface area (Å²) in [6.45, 7) is 8.60. The Morgan fingerprint density at radius 2 is 1.75 bits per heavy atom. The third-order valence-electron chi connectivity index (χ3n) is 8.15. The highest BCUT2D eigenvalue weighted by Crippen LogP contribution is 2.30. The maximum atomic E-state index is 13.2. The van der Waals surface area contributed by atoms with E-state index in [1.54, 1.807) is 20.2 Å². The Morgan fingerprint density at radius 3 is 2.33 bits per heavy atom. The highest BCUT2D eigenvalue weighted by Gasteiger charge is 2.37.